The monoisotopic (exact) mass is 1710 g/mol. The fraction of sp³-hybridized carbons (Fsp3) is 0.656. The van der Waals surface area contributed by atoms with E-state index in [0.717, 1.165) is 36.8 Å². The van der Waals surface area contributed by atoms with Crippen molar-refractivity contribution in [1.82, 2.24) is 46.9 Å². The van der Waals surface area contributed by atoms with Gasteiger partial charge in [-0.1, -0.05) is 196 Å². The second-order valence-corrected chi connectivity index (χ2v) is 33.2. The standard InChI is InChI=1S/C90H143N15O17/c1-6-7-8-9-10-11-12-13-14-15-16-20-31-61(4)81(112)73(59-121-77-55-68(57-106)82(113)84(115)83(77)114)101-90(120)122-58-64-40-42-69(43-41-64)98-86(117)66(37-29-48-97-89(94)119)53-76(109)80(60(2)3)102-78(110)39-25-19-28-49-105-56-70(103-104-105)44-45-79(111)99-72(51-63-34-23-18-24-35-63)75(108)54-67(50-62-32-21-17-22-33-62)87(118)100-71(38-30-47-96-88(92)93)74(107)52-65(85(116)95-5)36-26-27-46-91/h17-18,21-24,32-35,40-43,56,60-61,65-68,71-73,77,80-84,106,112-115H,6-16,19-20,25-31,36-39,44-55,57-59,91H2,1-5H3,(H,95,116)(H,98,117)(H,99,111)(H,100,118)(H,101,120)(H,102,110)(H4,92,93,96)(H3,94,97,119)/t61-,65-,66-,67-,68?,71+,72+,73+,77+,80+,81?,82+,83?,84+/m1/s1. The van der Waals surface area contributed by atoms with Gasteiger partial charge in [0.2, 0.25) is 29.5 Å². The molecule has 0 aliphatic heterocycles. The third kappa shape index (κ3) is 40.3. The summed E-state index contributed by atoms with van der Waals surface area (Å²) in [5, 5.41) is 81.4. The van der Waals surface area contributed by atoms with E-state index in [1.807, 2.05) is 67.6 Å². The number of ketones is 3. The van der Waals surface area contributed by atoms with Crippen LogP contribution in [0.25, 0.3) is 0 Å². The molecule has 1 heterocycles. The molecule has 122 heavy (non-hydrogen) atoms. The predicted molar refractivity (Wildman–Crippen MR) is 467 cm³/mol. The first-order chi connectivity index (χ1) is 58.6. The van der Waals surface area contributed by atoms with E-state index < -0.39 is 121 Å². The summed E-state index contributed by atoms with van der Waals surface area (Å²) in [4.78, 5) is 141. The summed E-state index contributed by atoms with van der Waals surface area (Å²) in [6.45, 7) is 7.94. The molecule has 1 aliphatic rings. The third-order valence-corrected chi connectivity index (χ3v) is 22.8. The number of aliphatic imine (C=N–C) groups is 1. The number of hydrogen-bond acceptors (Lipinski definition) is 21. The van der Waals surface area contributed by atoms with Gasteiger partial charge in [-0.25, -0.2) is 9.59 Å². The zero-order chi connectivity index (χ0) is 89.1. The topological polar surface area (TPSA) is 522 Å². The molecule has 0 radical (unpaired) electrons. The van der Waals surface area contributed by atoms with Crippen LogP contribution in [0.15, 0.2) is 96.1 Å². The summed E-state index contributed by atoms with van der Waals surface area (Å²) >= 11 is 0. The Labute approximate surface area is 720 Å². The molecule has 14 atom stereocenters. The summed E-state index contributed by atoms with van der Waals surface area (Å²) < 4.78 is 13.3. The molecule has 32 nitrogen and oxygen atoms in total. The first-order valence-corrected chi connectivity index (χ1v) is 44.4. The fourth-order valence-corrected chi connectivity index (χ4v) is 15.3. The number of alkyl carbamates (subject to hydrolysis) is 1. The van der Waals surface area contributed by atoms with Crippen LogP contribution in [0.1, 0.15) is 236 Å². The van der Waals surface area contributed by atoms with Crippen LogP contribution >= 0.6 is 0 Å². The highest BCUT2D eigenvalue weighted by Crippen LogP contribution is 2.30. The molecule has 0 saturated heterocycles. The quantitative estimate of drug-likeness (QED) is 0.0117. The molecule has 3 unspecified atom stereocenters. The van der Waals surface area contributed by atoms with Crippen molar-refractivity contribution in [3.05, 3.63) is 114 Å². The van der Waals surface area contributed by atoms with Crippen molar-refractivity contribution in [2.75, 3.05) is 45.2 Å². The number of carbonyl (C=O) groups excluding carboxylic acids is 10. The first kappa shape index (κ1) is 103. The molecule has 1 saturated carbocycles. The van der Waals surface area contributed by atoms with E-state index in [0.29, 0.717) is 87.8 Å². The predicted octanol–water partition coefficient (Wildman–Crippen LogP) is 7.27. The summed E-state index contributed by atoms with van der Waals surface area (Å²) in [5.74, 6) is -7.28. The van der Waals surface area contributed by atoms with E-state index in [1.165, 1.54) is 58.4 Å². The van der Waals surface area contributed by atoms with Gasteiger partial charge in [0.25, 0.3) is 0 Å². The highest BCUT2D eigenvalue weighted by molar-refractivity contribution is 5.98. The molecule has 20 N–H and O–H groups in total. The first-order valence-electron chi connectivity index (χ1n) is 44.4. The number of guanidine groups is 1. The number of nitrogens with one attached hydrogen (secondary N) is 7. The van der Waals surface area contributed by atoms with Crippen molar-refractivity contribution in [1.29, 1.82) is 0 Å². The lowest BCUT2D eigenvalue weighted by Gasteiger charge is -2.40. The maximum Gasteiger partial charge on any atom is 0.407 e. The number of nitrogens with zero attached hydrogens (tertiary/aromatic N) is 4. The number of carbonyl (C=O) groups is 10. The molecule has 4 aromatic rings. The number of unbranched alkanes of at least 4 members (excludes halogenated alkanes) is 14. The van der Waals surface area contributed by atoms with E-state index in [-0.39, 0.29) is 138 Å². The van der Waals surface area contributed by atoms with Gasteiger partial charge in [0.1, 0.15) is 18.8 Å². The number of nitrogens with two attached hydrogens (primary N) is 4. The molecule has 3 aromatic carbocycles. The highest BCUT2D eigenvalue weighted by Gasteiger charge is 2.44. The van der Waals surface area contributed by atoms with Crippen LogP contribution in [0, 0.1) is 35.5 Å². The van der Waals surface area contributed by atoms with Crippen molar-refractivity contribution in [3.63, 3.8) is 0 Å². The average Bonchev–Trinajstić information content (AvgIpc) is 1.06. The van der Waals surface area contributed by atoms with Crippen LogP contribution < -0.4 is 60.2 Å². The number of hydrogen-bond donors (Lipinski definition) is 16. The minimum absolute atomic E-state index is 0.0208. The van der Waals surface area contributed by atoms with Gasteiger partial charge in [-0.2, -0.15) is 0 Å². The number of rotatable bonds is 64. The van der Waals surface area contributed by atoms with E-state index in [2.05, 4.69) is 59.4 Å². The van der Waals surface area contributed by atoms with Crippen LogP contribution in [0.5, 0.6) is 0 Å². The summed E-state index contributed by atoms with van der Waals surface area (Å²) in [5.41, 5.74) is 25.2. The Morgan fingerprint density at radius 2 is 1.18 bits per heavy atom. The molecule has 680 valence electrons. The van der Waals surface area contributed by atoms with Gasteiger partial charge in [0, 0.05) is 107 Å². The number of aliphatic hydroxyl groups is 5. The highest BCUT2D eigenvalue weighted by atomic mass is 16.6. The lowest BCUT2D eigenvalue weighted by Crippen LogP contribution is -2.56. The van der Waals surface area contributed by atoms with E-state index in [1.54, 1.807) is 49.0 Å². The summed E-state index contributed by atoms with van der Waals surface area (Å²) in [6, 6.07) is 20.0. The lowest BCUT2D eigenvalue weighted by atomic mass is 9.81. The second-order valence-electron chi connectivity index (χ2n) is 33.2. The number of aromatic nitrogens is 3. The minimum Gasteiger partial charge on any atom is -0.445 e. The third-order valence-electron chi connectivity index (χ3n) is 22.8. The van der Waals surface area contributed by atoms with Crippen molar-refractivity contribution >= 4 is 70.7 Å². The van der Waals surface area contributed by atoms with Gasteiger partial charge in [-0.15, -0.1) is 5.10 Å². The number of ether oxygens (including phenoxy) is 2. The van der Waals surface area contributed by atoms with Crippen LogP contribution in [0.3, 0.4) is 0 Å². The van der Waals surface area contributed by atoms with Gasteiger partial charge in [-0.05, 0) is 124 Å². The number of Topliss-reactive ketones (excluding diaryl/α,β-unsaturated/α-hetero) is 3. The maximum atomic E-state index is 14.7. The van der Waals surface area contributed by atoms with Crippen molar-refractivity contribution in [3.8, 4) is 0 Å². The number of primary amides is 1. The normalized spacial score (nSPS) is 17.4. The number of urea groups is 1. The van der Waals surface area contributed by atoms with Gasteiger partial charge in [-0.3, -0.25) is 48.0 Å². The molecule has 5 rings (SSSR count). The molecule has 1 aliphatic carbocycles. The Kier molecular flexibility index (Phi) is 49.7. The molecular formula is C90H143N15O17. The Morgan fingerprint density at radius 3 is 1.80 bits per heavy atom. The number of aliphatic hydroxyl groups excluding tert-OH is 5. The number of anilines is 1. The molecule has 8 amide bonds. The van der Waals surface area contributed by atoms with Crippen LogP contribution in [-0.4, -0.2) is 200 Å². The van der Waals surface area contributed by atoms with Gasteiger partial charge >= 0.3 is 12.1 Å². The van der Waals surface area contributed by atoms with Crippen LogP contribution in [-0.2, 0) is 80.2 Å². The molecule has 1 fully saturated rings. The Hall–Kier alpha value is -9.31. The van der Waals surface area contributed by atoms with E-state index >= 15 is 0 Å². The van der Waals surface area contributed by atoms with Crippen molar-refractivity contribution in [2.24, 2.45) is 63.4 Å². The van der Waals surface area contributed by atoms with Crippen molar-refractivity contribution in [2.45, 2.75) is 301 Å². The van der Waals surface area contributed by atoms with Crippen molar-refractivity contribution < 1.29 is 83.0 Å². The fourth-order valence-electron chi connectivity index (χ4n) is 15.3. The van der Waals surface area contributed by atoms with E-state index in [9.17, 15) is 73.5 Å². The number of amides is 8. The van der Waals surface area contributed by atoms with E-state index in [4.69, 9.17) is 32.4 Å². The molecular weight excluding hydrogens is 1560 g/mol. The second kappa shape index (κ2) is 58.7. The zero-order valence-corrected chi connectivity index (χ0v) is 72.6. The van der Waals surface area contributed by atoms with Gasteiger partial charge in [0.05, 0.1) is 54.8 Å². The maximum absolute atomic E-state index is 14.7. The van der Waals surface area contributed by atoms with Gasteiger partial charge < -0.3 is 95.2 Å². The number of benzene rings is 3. The summed E-state index contributed by atoms with van der Waals surface area (Å²) in [6.07, 6.45) is 13.4. The largest absolute Gasteiger partial charge is 0.445 e. The Bertz CT molecular complexity index is 3760. The summed E-state index contributed by atoms with van der Waals surface area (Å²) in [7, 11) is 1.50. The van der Waals surface area contributed by atoms with Gasteiger partial charge in [0.15, 0.2) is 23.3 Å². The minimum atomic E-state index is -1.58. The van der Waals surface area contributed by atoms with Crippen LogP contribution in [0.4, 0.5) is 15.3 Å². The molecule has 32 heteroatoms. The molecule has 0 bridgehead atoms. The molecule has 0 spiro atoms. The smallest absolute Gasteiger partial charge is 0.407 e. The SMILES string of the molecule is CCCCCCCCCCCCCC[C@@H](C)C(O)[C@H](CO[C@H]1CC(CO)[C@H](O)[C@H](O)C1O)NC(=O)OCc1ccc(NC(=O)[C@H](CCCNC(N)=O)CC(=O)[C@@H](NC(=O)CCCCCn2cc(CCC(=O)N[C@@H](Cc3ccccc3)C(=O)C[C@@H](Cc3ccccc3)C(=O)N[C@@H](CCCN=C(N)N)C(=O)C[C@@H](CCCCN)C(=O)NC)nn2)C(C)C)cc1. The zero-order valence-electron chi connectivity index (χ0n) is 72.6. The molecule has 1 aromatic heterocycles. The Balaban J connectivity index is 1.12. The average molecular weight is 1710 g/mol. The number of aryl methyl sites for hydroxylation is 2. The lowest BCUT2D eigenvalue weighted by molar-refractivity contribution is -0.181. The Morgan fingerprint density at radius 1 is 0.590 bits per heavy atom. The van der Waals surface area contributed by atoms with Crippen LogP contribution in [0.2, 0.25) is 0 Å².